The zero-order valence-corrected chi connectivity index (χ0v) is 10.6. The molecule has 0 amide bonds. The molecule has 4 heteroatoms. The van der Waals surface area contributed by atoms with Crippen LogP contribution in [0.2, 0.25) is 0 Å². The Labute approximate surface area is 101 Å². The summed E-state index contributed by atoms with van der Waals surface area (Å²) in [5, 5.41) is 0. The number of nitrogens with zero attached hydrogens (tertiary/aromatic N) is 1. The molecule has 0 saturated carbocycles. The summed E-state index contributed by atoms with van der Waals surface area (Å²) in [5.41, 5.74) is 1.86. The molecule has 4 nitrogen and oxygen atoms in total. The topological polar surface area (TPSA) is 47.9 Å². The second-order valence-electron chi connectivity index (χ2n) is 3.94. The van der Waals surface area contributed by atoms with Crippen LogP contribution in [0.4, 0.5) is 0 Å². The molecule has 92 valence electrons. The molecule has 0 N–H and O–H groups in total. The quantitative estimate of drug-likeness (QED) is 0.582. The van der Waals surface area contributed by atoms with E-state index in [2.05, 4.69) is 18.8 Å². The van der Waals surface area contributed by atoms with Crippen LogP contribution in [-0.2, 0) is 11.3 Å². The van der Waals surface area contributed by atoms with Gasteiger partial charge >= 0.3 is 0 Å². The fourth-order valence-corrected chi connectivity index (χ4v) is 1.83. The number of hydrogen-bond acceptors (Lipinski definition) is 4. The third kappa shape index (κ3) is 2.86. The zero-order chi connectivity index (χ0) is 12.8. The SMILES string of the molecule is COc1ccc(CN=C=O)c(OC)c1C(C)C. The molecule has 0 aliphatic carbocycles. The molecule has 1 aromatic rings. The van der Waals surface area contributed by atoms with Crippen molar-refractivity contribution in [3.63, 3.8) is 0 Å². The van der Waals surface area contributed by atoms with Crippen molar-refractivity contribution in [1.82, 2.24) is 0 Å². The van der Waals surface area contributed by atoms with Gasteiger partial charge in [0.25, 0.3) is 0 Å². The first-order chi connectivity index (χ1) is 8.15. The van der Waals surface area contributed by atoms with Crippen LogP contribution in [0.15, 0.2) is 17.1 Å². The van der Waals surface area contributed by atoms with Gasteiger partial charge in [-0.1, -0.05) is 13.8 Å². The van der Waals surface area contributed by atoms with Gasteiger partial charge in [0.15, 0.2) is 0 Å². The highest BCUT2D eigenvalue weighted by Crippen LogP contribution is 2.37. The van der Waals surface area contributed by atoms with E-state index < -0.39 is 0 Å². The van der Waals surface area contributed by atoms with Gasteiger partial charge in [-0.25, -0.2) is 9.79 Å². The van der Waals surface area contributed by atoms with E-state index in [0.717, 1.165) is 22.6 Å². The molecule has 0 radical (unpaired) electrons. The van der Waals surface area contributed by atoms with Gasteiger partial charge in [0.05, 0.1) is 20.8 Å². The van der Waals surface area contributed by atoms with E-state index in [1.807, 2.05) is 12.1 Å². The molecular formula is C13H17NO3. The Morgan fingerprint density at radius 3 is 2.47 bits per heavy atom. The first-order valence-electron chi connectivity index (χ1n) is 5.43. The number of ether oxygens (including phenoxy) is 2. The zero-order valence-electron chi connectivity index (χ0n) is 10.6. The van der Waals surface area contributed by atoms with Crippen LogP contribution in [0, 0.1) is 0 Å². The van der Waals surface area contributed by atoms with Crippen molar-refractivity contribution >= 4 is 6.08 Å². The molecule has 0 heterocycles. The van der Waals surface area contributed by atoms with E-state index in [1.165, 1.54) is 6.08 Å². The van der Waals surface area contributed by atoms with Gasteiger partial charge in [0.2, 0.25) is 6.08 Å². The van der Waals surface area contributed by atoms with Gasteiger partial charge in [-0.15, -0.1) is 0 Å². The lowest BCUT2D eigenvalue weighted by atomic mass is 9.97. The van der Waals surface area contributed by atoms with E-state index in [0.29, 0.717) is 0 Å². The van der Waals surface area contributed by atoms with Crippen molar-refractivity contribution in [3.05, 3.63) is 23.3 Å². The van der Waals surface area contributed by atoms with E-state index in [9.17, 15) is 4.79 Å². The highest BCUT2D eigenvalue weighted by Gasteiger charge is 2.17. The molecule has 1 rings (SSSR count). The second-order valence-corrected chi connectivity index (χ2v) is 3.94. The lowest BCUT2D eigenvalue weighted by Crippen LogP contribution is -2.02. The minimum absolute atomic E-state index is 0.264. The first-order valence-corrected chi connectivity index (χ1v) is 5.43. The molecule has 0 fully saturated rings. The summed E-state index contributed by atoms with van der Waals surface area (Å²) in [6, 6.07) is 3.72. The van der Waals surface area contributed by atoms with Crippen molar-refractivity contribution in [2.45, 2.75) is 26.3 Å². The molecule has 0 unspecified atom stereocenters. The smallest absolute Gasteiger partial charge is 0.235 e. The molecule has 0 bridgehead atoms. The predicted molar refractivity (Wildman–Crippen MR) is 65.5 cm³/mol. The van der Waals surface area contributed by atoms with Gasteiger partial charge in [-0.05, 0) is 18.1 Å². The lowest BCUT2D eigenvalue weighted by molar-refractivity contribution is 0.379. The fourth-order valence-electron chi connectivity index (χ4n) is 1.83. The molecule has 17 heavy (non-hydrogen) atoms. The largest absolute Gasteiger partial charge is 0.496 e. The summed E-state index contributed by atoms with van der Waals surface area (Å²) in [4.78, 5) is 13.7. The summed E-state index contributed by atoms with van der Waals surface area (Å²) in [5.74, 6) is 1.79. The Morgan fingerprint density at radius 2 is 2.00 bits per heavy atom. The van der Waals surface area contributed by atoms with E-state index in [1.54, 1.807) is 14.2 Å². The molecular weight excluding hydrogens is 218 g/mol. The van der Waals surface area contributed by atoms with Gasteiger partial charge in [0, 0.05) is 11.1 Å². The van der Waals surface area contributed by atoms with Crippen molar-refractivity contribution in [2.75, 3.05) is 14.2 Å². The van der Waals surface area contributed by atoms with Gasteiger partial charge in [0.1, 0.15) is 11.5 Å². The lowest BCUT2D eigenvalue weighted by Gasteiger charge is -2.18. The number of aliphatic imine (C=N–C) groups is 1. The highest BCUT2D eigenvalue weighted by atomic mass is 16.5. The normalized spacial score (nSPS) is 9.94. The predicted octanol–water partition coefficient (Wildman–Crippen LogP) is 2.66. The Morgan fingerprint density at radius 1 is 1.29 bits per heavy atom. The van der Waals surface area contributed by atoms with Gasteiger partial charge in [-0.2, -0.15) is 0 Å². The number of isocyanates is 1. The Bertz CT molecular complexity index is 435. The highest BCUT2D eigenvalue weighted by molar-refractivity contribution is 5.52. The third-order valence-electron chi connectivity index (χ3n) is 2.55. The van der Waals surface area contributed by atoms with Crippen molar-refractivity contribution in [1.29, 1.82) is 0 Å². The number of hydrogen-bond donors (Lipinski definition) is 0. The summed E-state index contributed by atoms with van der Waals surface area (Å²) >= 11 is 0. The third-order valence-corrected chi connectivity index (χ3v) is 2.55. The minimum atomic E-state index is 0.264. The number of carbonyl (C=O) groups excluding carboxylic acids is 1. The molecule has 0 saturated heterocycles. The van der Waals surface area contributed by atoms with Gasteiger partial charge < -0.3 is 9.47 Å². The number of methoxy groups -OCH3 is 2. The Hall–Kier alpha value is -1.80. The van der Waals surface area contributed by atoms with Crippen LogP contribution in [0.25, 0.3) is 0 Å². The summed E-state index contributed by atoms with van der Waals surface area (Å²) in [6.45, 7) is 4.40. The molecule has 0 aliphatic heterocycles. The summed E-state index contributed by atoms with van der Waals surface area (Å²) in [7, 11) is 3.23. The monoisotopic (exact) mass is 235 g/mol. The van der Waals surface area contributed by atoms with Crippen LogP contribution in [0.5, 0.6) is 11.5 Å². The Kier molecular flexibility index (Phi) is 4.73. The van der Waals surface area contributed by atoms with Crippen molar-refractivity contribution in [2.24, 2.45) is 4.99 Å². The van der Waals surface area contributed by atoms with E-state index >= 15 is 0 Å². The maximum Gasteiger partial charge on any atom is 0.235 e. The van der Waals surface area contributed by atoms with Crippen LogP contribution >= 0.6 is 0 Å². The minimum Gasteiger partial charge on any atom is -0.496 e. The fraction of sp³-hybridized carbons (Fsp3) is 0.462. The van der Waals surface area contributed by atoms with Crippen LogP contribution in [0.3, 0.4) is 0 Å². The van der Waals surface area contributed by atoms with Crippen molar-refractivity contribution in [3.8, 4) is 11.5 Å². The molecule has 0 atom stereocenters. The van der Waals surface area contributed by atoms with Crippen LogP contribution < -0.4 is 9.47 Å². The van der Waals surface area contributed by atoms with Crippen LogP contribution in [0.1, 0.15) is 30.9 Å². The molecule has 0 spiro atoms. The maximum absolute atomic E-state index is 10.2. The molecule has 0 aliphatic rings. The van der Waals surface area contributed by atoms with Crippen LogP contribution in [-0.4, -0.2) is 20.3 Å². The maximum atomic E-state index is 10.2. The van der Waals surface area contributed by atoms with E-state index in [-0.39, 0.29) is 12.5 Å². The number of benzene rings is 1. The molecule has 1 aromatic carbocycles. The first kappa shape index (κ1) is 13.3. The summed E-state index contributed by atoms with van der Waals surface area (Å²) in [6.07, 6.45) is 1.53. The average Bonchev–Trinajstić information content (AvgIpc) is 2.34. The summed E-state index contributed by atoms with van der Waals surface area (Å²) < 4.78 is 10.7. The average molecular weight is 235 g/mol. The number of rotatable bonds is 5. The molecule has 0 aromatic heterocycles. The van der Waals surface area contributed by atoms with Crippen molar-refractivity contribution < 1.29 is 14.3 Å². The van der Waals surface area contributed by atoms with E-state index in [4.69, 9.17) is 9.47 Å². The van der Waals surface area contributed by atoms with Gasteiger partial charge in [-0.3, -0.25) is 0 Å². The Balaban J connectivity index is 3.34. The second kappa shape index (κ2) is 6.06. The standard InChI is InChI=1S/C13H17NO3/c1-9(2)12-11(16-3)6-5-10(7-14-8-15)13(12)17-4/h5-6,9H,7H2,1-4H3.